The summed E-state index contributed by atoms with van der Waals surface area (Å²) < 4.78 is 16.8. The molecule has 0 aliphatic heterocycles. The van der Waals surface area contributed by atoms with Gasteiger partial charge in [0.15, 0.2) is 21.9 Å². The van der Waals surface area contributed by atoms with Crippen LogP contribution in [0.25, 0.3) is 0 Å². The van der Waals surface area contributed by atoms with Crippen LogP contribution in [-0.2, 0) is 6.61 Å². The second-order valence-corrected chi connectivity index (χ2v) is 6.27. The van der Waals surface area contributed by atoms with E-state index in [2.05, 4.69) is 26.5 Å². The van der Waals surface area contributed by atoms with Crippen molar-refractivity contribution in [1.29, 1.82) is 0 Å². The van der Waals surface area contributed by atoms with Crippen LogP contribution in [0.15, 0.2) is 74.9 Å². The van der Waals surface area contributed by atoms with Crippen LogP contribution in [0.1, 0.15) is 21.7 Å². The van der Waals surface area contributed by atoms with Crippen molar-refractivity contribution in [2.24, 2.45) is 5.10 Å². The zero-order chi connectivity index (χ0) is 19.1. The van der Waals surface area contributed by atoms with E-state index in [1.807, 2.05) is 36.4 Å². The van der Waals surface area contributed by atoms with Gasteiger partial charge in [0.25, 0.3) is 0 Å². The Morgan fingerprint density at radius 1 is 1.15 bits per heavy atom. The van der Waals surface area contributed by atoms with Gasteiger partial charge in [-0.2, -0.15) is 5.10 Å². The first kappa shape index (κ1) is 18.7. The molecule has 0 atom stereocenters. The Kier molecular flexibility index (Phi) is 6.27. The molecule has 27 heavy (non-hydrogen) atoms. The van der Waals surface area contributed by atoms with Crippen LogP contribution in [0.4, 0.5) is 0 Å². The molecule has 0 unspecified atom stereocenters. The summed E-state index contributed by atoms with van der Waals surface area (Å²) in [6.07, 6.45) is 1.51. The minimum atomic E-state index is -0.438. The van der Waals surface area contributed by atoms with Gasteiger partial charge < -0.3 is 13.9 Å². The van der Waals surface area contributed by atoms with Crippen LogP contribution >= 0.6 is 15.9 Å². The standard InChI is InChI=1S/C20H17BrN2O4/c1-25-18-11-15(12-22-23-20(24)17-9-10-19(21)27-17)7-8-16(18)26-13-14-5-3-2-4-6-14/h2-12H,13H2,1H3,(H,23,24). The van der Waals surface area contributed by atoms with Gasteiger partial charge in [0.2, 0.25) is 0 Å². The first-order chi connectivity index (χ1) is 13.2. The van der Waals surface area contributed by atoms with Crippen molar-refractivity contribution in [3.05, 3.63) is 82.2 Å². The van der Waals surface area contributed by atoms with Crippen LogP contribution in [0.2, 0.25) is 0 Å². The van der Waals surface area contributed by atoms with Gasteiger partial charge in [0, 0.05) is 0 Å². The number of hydrazone groups is 1. The van der Waals surface area contributed by atoms with Crippen LogP contribution in [0.3, 0.4) is 0 Å². The highest BCUT2D eigenvalue weighted by Crippen LogP contribution is 2.28. The Labute approximate surface area is 164 Å². The molecular weight excluding hydrogens is 412 g/mol. The summed E-state index contributed by atoms with van der Waals surface area (Å²) >= 11 is 3.14. The highest BCUT2D eigenvalue weighted by molar-refractivity contribution is 9.10. The van der Waals surface area contributed by atoms with E-state index >= 15 is 0 Å². The van der Waals surface area contributed by atoms with Gasteiger partial charge >= 0.3 is 5.91 Å². The van der Waals surface area contributed by atoms with E-state index in [1.165, 1.54) is 6.21 Å². The molecule has 6 nitrogen and oxygen atoms in total. The molecule has 3 rings (SSSR count). The number of carbonyl (C=O) groups is 1. The molecule has 0 spiro atoms. The second kappa shape index (κ2) is 9.05. The first-order valence-electron chi connectivity index (χ1n) is 8.09. The molecule has 0 aliphatic rings. The first-order valence-corrected chi connectivity index (χ1v) is 8.88. The van der Waals surface area contributed by atoms with E-state index in [1.54, 1.807) is 31.4 Å². The largest absolute Gasteiger partial charge is 0.493 e. The number of amides is 1. The number of hydrogen-bond donors (Lipinski definition) is 1. The lowest BCUT2D eigenvalue weighted by molar-refractivity contribution is 0.0926. The van der Waals surface area contributed by atoms with Gasteiger partial charge in [0.1, 0.15) is 6.61 Å². The fourth-order valence-electron chi connectivity index (χ4n) is 2.28. The van der Waals surface area contributed by atoms with Crippen LogP contribution in [0.5, 0.6) is 11.5 Å². The maximum absolute atomic E-state index is 11.9. The number of methoxy groups -OCH3 is 1. The van der Waals surface area contributed by atoms with Crippen molar-refractivity contribution in [3.8, 4) is 11.5 Å². The summed E-state index contributed by atoms with van der Waals surface area (Å²) in [4.78, 5) is 11.9. The normalized spacial score (nSPS) is 10.7. The van der Waals surface area contributed by atoms with Gasteiger partial charge in [-0.25, -0.2) is 5.43 Å². The Bertz CT molecular complexity index is 938. The summed E-state index contributed by atoms with van der Waals surface area (Å²) in [6.45, 7) is 0.444. The highest BCUT2D eigenvalue weighted by Gasteiger charge is 2.09. The van der Waals surface area contributed by atoms with Crippen molar-refractivity contribution in [2.45, 2.75) is 6.61 Å². The molecule has 0 aliphatic carbocycles. The molecule has 1 N–H and O–H groups in total. The minimum Gasteiger partial charge on any atom is -0.493 e. The third-order valence-electron chi connectivity index (χ3n) is 3.60. The quantitative estimate of drug-likeness (QED) is 0.447. The number of ether oxygens (including phenoxy) is 2. The molecule has 1 amide bonds. The number of benzene rings is 2. The van der Waals surface area contributed by atoms with Gasteiger partial charge in [-0.3, -0.25) is 4.79 Å². The zero-order valence-electron chi connectivity index (χ0n) is 14.5. The Morgan fingerprint density at radius 3 is 2.67 bits per heavy atom. The summed E-state index contributed by atoms with van der Waals surface area (Å²) in [5.74, 6) is 0.937. The number of nitrogens with one attached hydrogen (secondary N) is 1. The van der Waals surface area contributed by atoms with Gasteiger partial charge in [0.05, 0.1) is 13.3 Å². The lowest BCUT2D eigenvalue weighted by Crippen LogP contribution is -2.16. The SMILES string of the molecule is COc1cc(C=NNC(=O)c2ccc(Br)o2)ccc1OCc1ccccc1. The summed E-state index contributed by atoms with van der Waals surface area (Å²) in [5, 5.41) is 3.93. The molecule has 0 bridgehead atoms. The van der Waals surface area contributed by atoms with Gasteiger partial charge in [-0.05, 0) is 57.4 Å². The topological polar surface area (TPSA) is 73.1 Å². The van der Waals surface area contributed by atoms with Crippen molar-refractivity contribution in [1.82, 2.24) is 5.43 Å². The zero-order valence-corrected chi connectivity index (χ0v) is 16.1. The van der Waals surface area contributed by atoms with Crippen molar-refractivity contribution in [3.63, 3.8) is 0 Å². The summed E-state index contributed by atoms with van der Waals surface area (Å²) in [5.41, 5.74) is 4.22. The molecule has 1 heterocycles. The predicted molar refractivity (Wildman–Crippen MR) is 105 cm³/mol. The molecule has 7 heteroatoms. The number of furan rings is 1. The van der Waals surface area contributed by atoms with E-state index in [4.69, 9.17) is 13.9 Å². The van der Waals surface area contributed by atoms with Crippen molar-refractivity contribution in [2.75, 3.05) is 7.11 Å². The van der Waals surface area contributed by atoms with Crippen molar-refractivity contribution >= 4 is 28.1 Å². The Hall–Kier alpha value is -3.06. The highest BCUT2D eigenvalue weighted by atomic mass is 79.9. The summed E-state index contributed by atoms with van der Waals surface area (Å²) in [7, 11) is 1.57. The number of hydrogen-bond acceptors (Lipinski definition) is 5. The molecule has 3 aromatic rings. The molecule has 0 saturated heterocycles. The van der Waals surface area contributed by atoms with Gasteiger partial charge in [-0.1, -0.05) is 30.3 Å². The Morgan fingerprint density at radius 2 is 1.96 bits per heavy atom. The predicted octanol–water partition coefficient (Wildman–Crippen LogP) is 4.39. The Balaban J connectivity index is 1.62. The smallest absolute Gasteiger partial charge is 0.307 e. The molecule has 0 fully saturated rings. The number of halogens is 1. The number of carbonyl (C=O) groups excluding carboxylic acids is 1. The lowest BCUT2D eigenvalue weighted by atomic mass is 10.2. The van der Waals surface area contributed by atoms with E-state index in [0.717, 1.165) is 11.1 Å². The fourth-order valence-corrected chi connectivity index (χ4v) is 2.58. The van der Waals surface area contributed by atoms with Crippen molar-refractivity contribution < 1.29 is 18.7 Å². The minimum absolute atomic E-state index is 0.168. The third-order valence-corrected chi connectivity index (χ3v) is 4.03. The maximum atomic E-state index is 11.9. The van der Waals surface area contributed by atoms with E-state index in [-0.39, 0.29) is 5.76 Å². The summed E-state index contributed by atoms with van der Waals surface area (Å²) in [6, 6.07) is 18.5. The van der Waals surface area contributed by atoms with E-state index < -0.39 is 5.91 Å². The van der Waals surface area contributed by atoms with Crippen LogP contribution in [-0.4, -0.2) is 19.2 Å². The third kappa shape index (κ3) is 5.21. The average Bonchev–Trinajstić information content (AvgIpc) is 3.14. The molecule has 138 valence electrons. The molecule has 0 saturated carbocycles. The fraction of sp³-hybridized carbons (Fsp3) is 0.100. The number of nitrogens with zero attached hydrogens (tertiary/aromatic N) is 1. The van der Waals surface area contributed by atoms with Crippen LogP contribution < -0.4 is 14.9 Å². The lowest BCUT2D eigenvalue weighted by Gasteiger charge is -2.11. The van der Waals surface area contributed by atoms with E-state index in [9.17, 15) is 4.79 Å². The molecule has 0 radical (unpaired) electrons. The maximum Gasteiger partial charge on any atom is 0.307 e. The average molecular weight is 429 g/mol. The monoisotopic (exact) mass is 428 g/mol. The van der Waals surface area contributed by atoms with E-state index in [0.29, 0.717) is 22.8 Å². The second-order valence-electron chi connectivity index (χ2n) is 5.49. The number of rotatable bonds is 7. The van der Waals surface area contributed by atoms with Gasteiger partial charge in [-0.15, -0.1) is 0 Å². The molecule has 2 aromatic carbocycles. The molecular formula is C20H17BrN2O4. The molecule has 1 aromatic heterocycles. The van der Waals surface area contributed by atoms with Crippen LogP contribution in [0, 0.1) is 0 Å².